The number of likely N-dealkylation sites (tertiary alicyclic amines) is 1. The van der Waals surface area contributed by atoms with Crippen molar-refractivity contribution < 1.29 is 9.18 Å². The Bertz CT molecular complexity index is 730. The molecule has 140 valence electrons. The molecule has 0 bridgehead atoms. The standard InChI is InChI=1S/C20H27FN4O/c1-2-19-22-10-13-25(19)12-9-20(26)23-17-7-5-11-24(15-17)14-16-6-3-4-8-18(16)21/h3-4,6,8,10,13,17H,2,5,7,9,11-12,14-15H2,1H3,(H,23,26)/t17-/m1/s1. The molecule has 1 fully saturated rings. The molecule has 26 heavy (non-hydrogen) atoms. The summed E-state index contributed by atoms with van der Waals surface area (Å²) in [6.07, 6.45) is 7.00. The predicted molar refractivity (Wildman–Crippen MR) is 99.1 cm³/mol. The highest BCUT2D eigenvalue weighted by Crippen LogP contribution is 2.16. The van der Waals surface area contributed by atoms with E-state index >= 15 is 0 Å². The topological polar surface area (TPSA) is 50.2 Å². The molecule has 1 aliphatic heterocycles. The largest absolute Gasteiger partial charge is 0.352 e. The van der Waals surface area contributed by atoms with Gasteiger partial charge in [0.05, 0.1) is 0 Å². The number of imidazole rings is 1. The molecule has 1 atom stereocenters. The van der Waals surface area contributed by atoms with Crippen molar-refractivity contribution in [1.82, 2.24) is 19.8 Å². The summed E-state index contributed by atoms with van der Waals surface area (Å²) in [5.41, 5.74) is 0.715. The van der Waals surface area contributed by atoms with E-state index < -0.39 is 0 Å². The van der Waals surface area contributed by atoms with Crippen molar-refractivity contribution in [3.05, 3.63) is 53.9 Å². The lowest BCUT2D eigenvalue weighted by molar-refractivity contribution is -0.122. The number of nitrogens with zero attached hydrogens (tertiary/aromatic N) is 3. The van der Waals surface area contributed by atoms with E-state index in [2.05, 4.69) is 22.1 Å². The smallest absolute Gasteiger partial charge is 0.222 e. The minimum atomic E-state index is -0.161. The first kappa shape index (κ1) is 18.6. The fourth-order valence-corrected chi connectivity index (χ4v) is 3.56. The van der Waals surface area contributed by atoms with Crippen LogP contribution in [0.25, 0.3) is 0 Å². The van der Waals surface area contributed by atoms with Crippen LogP contribution in [0.3, 0.4) is 0 Å². The number of carbonyl (C=O) groups excluding carboxylic acids is 1. The fourth-order valence-electron chi connectivity index (χ4n) is 3.56. The number of benzene rings is 1. The zero-order valence-corrected chi connectivity index (χ0v) is 15.3. The molecule has 2 aromatic rings. The molecule has 0 spiro atoms. The molecule has 3 rings (SSSR count). The summed E-state index contributed by atoms with van der Waals surface area (Å²) in [5, 5.41) is 3.14. The maximum atomic E-state index is 13.8. The van der Waals surface area contributed by atoms with Crippen LogP contribution in [-0.2, 0) is 24.3 Å². The van der Waals surface area contributed by atoms with Gasteiger partial charge in [0.25, 0.3) is 0 Å². The monoisotopic (exact) mass is 358 g/mol. The molecule has 1 amide bonds. The highest BCUT2D eigenvalue weighted by molar-refractivity contribution is 5.76. The number of aryl methyl sites for hydroxylation is 2. The first-order valence-corrected chi connectivity index (χ1v) is 9.41. The van der Waals surface area contributed by atoms with Gasteiger partial charge >= 0.3 is 0 Å². The van der Waals surface area contributed by atoms with Gasteiger partial charge in [-0.1, -0.05) is 25.1 Å². The van der Waals surface area contributed by atoms with Gasteiger partial charge in [0.1, 0.15) is 11.6 Å². The van der Waals surface area contributed by atoms with E-state index in [-0.39, 0.29) is 17.8 Å². The van der Waals surface area contributed by atoms with Crippen molar-refractivity contribution >= 4 is 5.91 Å². The first-order valence-electron chi connectivity index (χ1n) is 9.41. The van der Waals surface area contributed by atoms with Gasteiger partial charge in [0.2, 0.25) is 5.91 Å². The van der Waals surface area contributed by atoms with E-state index in [0.29, 0.717) is 25.1 Å². The second-order valence-electron chi connectivity index (χ2n) is 6.87. The number of hydrogen-bond acceptors (Lipinski definition) is 3. The van der Waals surface area contributed by atoms with E-state index in [0.717, 1.165) is 38.2 Å². The molecular formula is C20H27FN4O. The summed E-state index contributed by atoms with van der Waals surface area (Å²) in [5.74, 6) is 0.913. The third kappa shape index (κ3) is 4.91. The Labute approximate surface area is 154 Å². The van der Waals surface area contributed by atoms with Crippen LogP contribution in [0.5, 0.6) is 0 Å². The van der Waals surface area contributed by atoms with Gasteiger partial charge in [0, 0.05) is 56.5 Å². The van der Waals surface area contributed by atoms with Crippen molar-refractivity contribution in [1.29, 1.82) is 0 Å². The van der Waals surface area contributed by atoms with Crippen molar-refractivity contribution in [2.45, 2.75) is 51.7 Å². The van der Waals surface area contributed by atoms with E-state index in [1.807, 2.05) is 22.9 Å². The molecule has 0 unspecified atom stereocenters. The summed E-state index contributed by atoms with van der Waals surface area (Å²) in [7, 11) is 0. The maximum Gasteiger partial charge on any atom is 0.222 e. The number of halogens is 1. The Hall–Kier alpha value is -2.21. The SMILES string of the molecule is CCc1nccn1CCC(=O)N[C@@H]1CCCN(Cc2ccccc2F)C1. The Morgan fingerprint density at radius 1 is 1.38 bits per heavy atom. The quantitative estimate of drug-likeness (QED) is 0.828. The molecule has 5 nitrogen and oxygen atoms in total. The van der Waals surface area contributed by atoms with Crippen molar-refractivity contribution in [2.75, 3.05) is 13.1 Å². The average Bonchev–Trinajstić information content (AvgIpc) is 3.10. The lowest BCUT2D eigenvalue weighted by atomic mass is 10.0. The number of aromatic nitrogens is 2. The van der Waals surface area contributed by atoms with Crippen LogP contribution in [0.15, 0.2) is 36.7 Å². The highest BCUT2D eigenvalue weighted by atomic mass is 19.1. The molecule has 0 aliphatic carbocycles. The second-order valence-corrected chi connectivity index (χ2v) is 6.87. The maximum absolute atomic E-state index is 13.8. The zero-order chi connectivity index (χ0) is 18.4. The predicted octanol–water partition coefficient (Wildman–Crippen LogP) is 2.76. The van der Waals surface area contributed by atoms with Crippen molar-refractivity contribution in [3.8, 4) is 0 Å². The molecule has 2 heterocycles. The number of amides is 1. The molecule has 1 aliphatic rings. The number of nitrogens with one attached hydrogen (secondary N) is 1. The summed E-state index contributed by atoms with van der Waals surface area (Å²) in [6, 6.07) is 7.04. The summed E-state index contributed by atoms with van der Waals surface area (Å²) >= 11 is 0. The minimum absolute atomic E-state index is 0.0681. The Kier molecular flexibility index (Phi) is 6.39. The first-order chi connectivity index (χ1) is 12.7. The van der Waals surface area contributed by atoms with Gasteiger partial charge in [-0.2, -0.15) is 0 Å². The lowest BCUT2D eigenvalue weighted by Gasteiger charge is -2.33. The number of rotatable bonds is 7. The average molecular weight is 358 g/mol. The lowest BCUT2D eigenvalue weighted by Crippen LogP contribution is -2.47. The molecule has 1 saturated heterocycles. The van der Waals surface area contributed by atoms with Gasteiger partial charge in [-0.25, -0.2) is 9.37 Å². The van der Waals surface area contributed by atoms with Gasteiger partial charge in [0.15, 0.2) is 0 Å². The molecule has 0 saturated carbocycles. The normalized spacial score (nSPS) is 18.0. The molecule has 1 aromatic heterocycles. The third-order valence-corrected chi connectivity index (χ3v) is 4.92. The third-order valence-electron chi connectivity index (χ3n) is 4.92. The van der Waals surface area contributed by atoms with Gasteiger partial charge < -0.3 is 9.88 Å². The van der Waals surface area contributed by atoms with Crippen molar-refractivity contribution in [2.24, 2.45) is 0 Å². The van der Waals surface area contributed by atoms with E-state index in [9.17, 15) is 9.18 Å². The van der Waals surface area contributed by atoms with Crippen LogP contribution in [-0.4, -0.2) is 39.5 Å². The molecule has 6 heteroatoms. The Morgan fingerprint density at radius 3 is 3.04 bits per heavy atom. The highest BCUT2D eigenvalue weighted by Gasteiger charge is 2.22. The van der Waals surface area contributed by atoms with E-state index in [1.165, 1.54) is 6.07 Å². The number of carbonyl (C=O) groups is 1. The van der Waals surface area contributed by atoms with Crippen LogP contribution in [0.2, 0.25) is 0 Å². The van der Waals surface area contributed by atoms with E-state index in [4.69, 9.17) is 0 Å². The van der Waals surface area contributed by atoms with Gasteiger partial charge in [-0.15, -0.1) is 0 Å². The zero-order valence-electron chi connectivity index (χ0n) is 15.3. The van der Waals surface area contributed by atoms with Crippen LogP contribution >= 0.6 is 0 Å². The van der Waals surface area contributed by atoms with Crippen LogP contribution < -0.4 is 5.32 Å². The molecule has 1 aromatic carbocycles. The molecular weight excluding hydrogens is 331 g/mol. The van der Waals surface area contributed by atoms with Crippen LogP contribution in [0, 0.1) is 5.82 Å². The summed E-state index contributed by atoms with van der Waals surface area (Å²) in [6.45, 7) is 5.01. The summed E-state index contributed by atoms with van der Waals surface area (Å²) < 4.78 is 15.9. The fraction of sp³-hybridized carbons (Fsp3) is 0.500. The Morgan fingerprint density at radius 2 is 2.23 bits per heavy atom. The number of piperidine rings is 1. The number of hydrogen-bond donors (Lipinski definition) is 1. The van der Waals surface area contributed by atoms with E-state index in [1.54, 1.807) is 12.3 Å². The van der Waals surface area contributed by atoms with Gasteiger partial charge in [-0.05, 0) is 25.5 Å². The van der Waals surface area contributed by atoms with Crippen LogP contribution in [0.1, 0.15) is 37.6 Å². The Balaban J connectivity index is 1.47. The van der Waals surface area contributed by atoms with Crippen molar-refractivity contribution in [3.63, 3.8) is 0 Å². The molecule has 1 N–H and O–H groups in total. The second kappa shape index (κ2) is 8.94. The van der Waals surface area contributed by atoms with Gasteiger partial charge in [-0.3, -0.25) is 9.69 Å². The van der Waals surface area contributed by atoms with Crippen LogP contribution in [0.4, 0.5) is 4.39 Å². The summed E-state index contributed by atoms with van der Waals surface area (Å²) in [4.78, 5) is 18.8. The minimum Gasteiger partial charge on any atom is -0.352 e. The molecule has 0 radical (unpaired) electrons.